The SMILES string of the molecule is Nc1cnn(-c2nccc(Cl)n2)c1. The highest BCUT2D eigenvalue weighted by Gasteiger charge is 2.01. The topological polar surface area (TPSA) is 69.6 Å². The third-order valence-electron chi connectivity index (χ3n) is 1.42. The van der Waals surface area contributed by atoms with Crippen LogP contribution in [0.5, 0.6) is 0 Å². The lowest BCUT2D eigenvalue weighted by molar-refractivity contribution is 0.808. The fourth-order valence-electron chi connectivity index (χ4n) is 0.884. The van der Waals surface area contributed by atoms with E-state index >= 15 is 0 Å². The maximum absolute atomic E-state index is 5.68. The Morgan fingerprint density at radius 3 is 2.92 bits per heavy atom. The molecule has 0 saturated carbocycles. The molecule has 0 amide bonds. The molecular weight excluding hydrogens is 190 g/mol. The van der Waals surface area contributed by atoms with E-state index in [1.807, 2.05) is 0 Å². The lowest BCUT2D eigenvalue weighted by atomic mass is 10.6. The molecule has 5 nitrogen and oxygen atoms in total. The second-order valence-electron chi connectivity index (χ2n) is 2.40. The Hall–Kier alpha value is -1.62. The number of nitrogen functional groups attached to an aromatic ring is 1. The van der Waals surface area contributed by atoms with Gasteiger partial charge < -0.3 is 5.73 Å². The number of hydrogen-bond donors (Lipinski definition) is 1. The van der Waals surface area contributed by atoms with E-state index in [9.17, 15) is 0 Å². The molecule has 2 aromatic heterocycles. The summed E-state index contributed by atoms with van der Waals surface area (Å²) in [5.74, 6) is 0.407. The molecule has 0 fully saturated rings. The first-order chi connectivity index (χ1) is 6.25. The van der Waals surface area contributed by atoms with E-state index in [0.29, 0.717) is 16.8 Å². The summed E-state index contributed by atoms with van der Waals surface area (Å²) >= 11 is 5.68. The van der Waals surface area contributed by atoms with Gasteiger partial charge in [-0.3, -0.25) is 0 Å². The van der Waals surface area contributed by atoms with Crippen LogP contribution in [0.2, 0.25) is 5.15 Å². The molecule has 0 spiro atoms. The molecule has 0 aliphatic carbocycles. The highest BCUT2D eigenvalue weighted by atomic mass is 35.5. The van der Waals surface area contributed by atoms with Crippen LogP contribution in [0.1, 0.15) is 0 Å². The Bertz CT molecular complexity index is 424. The molecule has 0 bridgehead atoms. The van der Waals surface area contributed by atoms with Crippen LogP contribution in [-0.2, 0) is 0 Å². The van der Waals surface area contributed by atoms with E-state index in [4.69, 9.17) is 17.3 Å². The van der Waals surface area contributed by atoms with Crippen molar-refractivity contribution in [3.63, 3.8) is 0 Å². The van der Waals surface area contributed by atoms with Crippen LogP contribution in [-0.4, -0.2) is 19.7 Å². The molecule has 6 heteroatoms. The summed E-state index contributed by atoms with van der Waals surface area (Å²) in [6.45, 7) is 0. The summed E-state index contributed by atoms with van der Waals surface area (Å²) in [5.41, 5.74) is 6.04. The predicted molar refractivity (Wildman–Crippen MR) is 48.6 cm³/mol. The van der Waals surface area contributed by atoms with Crippen molar-refractivity contribution in [2.75, 3.05) is 5.73 Å². The Morgan fingerprint density at radius 1 is 1.46 bits per heavy atom. The number of rotatable bonds is 1. The average molecular weight is 196 g/mol. The summed E-state index contributed by atoms with van der Waals surface area (Å²) in [7, 11) is 0. The average Bonchev–Trinajstić information content (AvgIpc) is 2.52. The number of nitrogens with zero attached hydrogens (tertiary/aromatic N) is 4. The van der Waals surface area contributed by atoms with Gasteiger partial charge in [0, 0.05) is 6.20 Å². The Morgan fingerprint density at radius 2 is 2.31 bits per heavy atom. The van der Waals surface area contributed by atoms with E-state index in [0.717, 1.165) is 0 Å². The number of nitrogens with two attached hydrogens (primary N) is 1. The maximum Gasteiger partial charge on any atom is 0.251 e. The van der Waals surface area contributed by atoms with Crippen LogP contribution < -0.4 is 5.73 Å². The second kappa shape index (κ2) is 3.02. The van der Waals surface area contributed by atoms with Gasteiger partial charge in [-0.25, -0.2) is 9.67 Å². The maximum atomic E-state index is 5.68. The zero-order valence-electron chi connectivity index (χ0n) is 6.55. The van der Waals surface area contributed by atoms with Crippen molar-refractivity contribution in [2.45, 2.75) is 0 Å². The normalized spacial score (nSPS) is 10.2. The van der Waals surface area contributed by atoms with Crippen LogP contribution in [0.25, 0.3) is 5.95 Å². The highest BCUT2D eigenvalue weighted by molar-refractivity contribution is 6.29. The van der Waals surface area contributed by atoms with Crippen LogP contribution in [0.15, 0.2) is 24.7 Å². The van der Waals surface area contributed by atoms with E-state index in [-0.39, 0.29) is 0 Å². The highest BCUT2D eigenvalue weighted by Crippen LogP contribution is 2.07. The third-order valence-corrected chi connectivity index (χ3v) is 1.63. The van der Waals surface area contributed by atoms with Crippen molar-refractivity contribution >= 4 is 17.3 Å². The first-order valence-electron chi connectivity index (χ1n) is 3.55. The first-order valence-corrected chi connectivity index (χ1v) is 3.92. The van der Waals surface area contributed by atoms with Crippen molar-refractivity contribution in [3.8, 4) is 5.95 Å². The molecule has 0 saturated heterocycles. The Kier molecular flexibility index (Phi) is 1.86. The van der Waals surface area contributed by atoms with Gasteiger partial charge >= 0.3 is 0 Å². The molecule has 2 aromatic rings. The van der Waals surface area contributed by atoms with Crippen molar-refractivity contribution in [3.05, 3.63) is 29.8 Å². The minimum absolute atomic E-state index is 0.374. The molecule has 0 radical (unpaired) electrons. The number of hydrogen-bond acceptors (Lipinski definition) is 4. The Labute approximate surface area is 79.2 Å². The summed E-state index contributed by atoms with van der Waals surface area (Å²) < 4.78 is 1.46. The molecule has 2 heterocycles. The molecule has 0 unspecified atom stereocenters. The predicted octanol–water partition coefficient (Wildman–Crippen LogP) is 0.898. The minimum atomic E-state index is 0.374. The smallest absolute Gasteiger partial charge is 0.251 e. The molecule has 0 aliphatic heterocycles. The van der Waals surface area contributed by atoms with E-state index < -0.39 is 0 Å². The summed E-state index contributed by atoms with van der Waals surface area (Å²) in [4.78, 5) is 7.93. The van der Waals surface area contributed by atoms with Crippen molar-refractivity contribution in [2.24, 2.45) is 0 Å². The fourth-order valence-corrected chi connectivity index (χ4v) is 1.02. The van der Waals surface area contributed by atoms with E-state index in [2.05, 4.69) is 15.1 Å². The second-order valence-corrected chi connectivity index (χ2v) is 2.78. The van der Waals surface area contributed by atoms with Crippen LogP contribution >= 0.6 is 11.6 Å². The minimum Gasteiger partial charge on any atom is -0.396 e. The van der Waals surface area contributed by atoms with Crippen molar-refractivity contribution in [1.29, 1.82) is 0 Å². The summed E-state index contributed by atoms with van der Waals surface area (Å²) in [6.07, 6.45) is 4.69. The fraction of sp³-hybridized carbons (Fsp3) is 0. The zero-order valence-corrected chi connectivity index (χ0v) is 7.31. The van der Waals surface area contributed by atoms with Gasteiger partial charge in [0.2, 0.25) is 0 Å². The van der Waals surface area contributed by atoms with Gasteiger partial charge in [0.1, 0.15) is 5.15 Å². The van der Waals surface area contributed by atoms with Gasteiger partial charge in [-0.05, 0) is 6.07 Å². The molecule has 0 atom stereocenters. The van der Waals surface area contributed by atoms with Crippen molar-refractivity contribution < 1.29 is 0 Å². The number of aromatic nitrogens is 4. The monoisotopic (exact) mass is 195 g/mol. The van der Waals surface area contributed by atoms with Gasteiger partial charge in [-0.2, -0.15) is 10.1 Å². The van der Waals surface area contributed by atoms with Crippen LogP contribution in [0, 0.1) is 0 Å². The van der Waals surface area contributed by atoms with Gasteiger partial charge in [-0.15, -0.1) is 0 Å². The van der Waals surface area contributed by atoms with Gasteiger partial charge in [-0.1, -0.05) is 11.6 Å². The van der Waals surface area contributed by atoms with Crippen LogP contribution in [0.3, 0.4) is 0 Å². The number of halogens is 1. The van der Waals surface area contributed by atoms with Gasteiger partial charge in [0.25, 0.3) is 5.95 Å². The summed E-state index contributed by atoms with van der Waals surface area (Å²) in [5, 5.41) is 4.31. The standard InChI is InChI=1S/C7H6ClN5/c8-6-1-2-10-7(12-6)13-4-5(9)3-11-13/h1-4H,9H2. The molecule has 0 aliphatic rings. The van der Waals surface area contributed by atoms with Gasteiger partial charge in [0.05, 0.1) is 18.1 Å². The largest absolute Gasteiger partial charge is 0.396 e. The Balaban J connectivity index is 2.46. The van der Waals surface area contributed by atoms with Crippen molar-refractivity contribution in [1.82, 2.24) is 19.7 Å². The first kappa shape index (κ1) is 8.00. The molecule has 2 rings (SSSR count). The molecule has 0 aromatic carbocycles. The molecule has 66 valence electrons. The van der Waals surface area contributed by atoms with E-state index in [1.165, 1.54) is 10.9 Å². The zero-order chi connectivity index (χ0) is 9.26. The van der Waals surface area contributed by atoms with Crippen LogP contribution in [0.4, 0.5) is 5.69 Å². The molecular formula is C7H6ClN5. The van der Waals surface area contributed by atoms with Gasteiger partial charge in [0.15, 0.2) is 0 Å². The van der Waals surface area contributed by atoms with E-state index in [1.54, 1.807) is 18.5 Å². The lowest BCUT2D eigenvalue weighted by Crippen LogP contribution is -2.00. The lowest BCUT2D eigenvalue weighted by Gasteiger charge is -1.97. The third kappa shape index (κ3) is 1.59. The number of anilines is 1. The molecule has 13 heavy (non-hydrogen) atoms. The molecule has 2 N–H and O–H groups in total. The quantitative estimate of drug-likeness (QED) is 0.687. The summed E-state index contributed by atoms with van der Waals surface area (Å²) in [6, 6.07) is 1.60.